The number of carbonyl (C=O) groups is 2. The molecule has 0 saturated carbocycles. The molecule has 0 radical (unpaired) electrons. The molecular formula is C19H19NO5. The van der Waals surface area contributed by atoms with Crippen LogP contribution in [0.3, 0.4) is 0 Å². The molecule has 130 valence electrons. The van der Waals surface area contributed by atoms with Crippen molar-refractivity contribution in [1.29, 1.82) is 0 Å². The summed E-state index contributed by atoms with van der Waals surface area (Å²) in [5.41, 5.74) is 1.79. The highest BCUT2D eigenvalue weighted by molar-refractivity contribution is 6.03. The summed E-state index contributed by atoms with van der Waals surface area (Å²) in [5, 5.41) is 9.06. The molecule has 1 N–H and O–H groups in total. The molecule has 25 heavy (non-hydrogen) atoms. The van der Waals surface area contributed by atoms with Crippen LogP contribution >= 0.6 is 0 Å². The number of hydrogen-bond acceptors (Lipinski definition) is 5. The maximum Gasteiger partial charge on any atom is 0.268 e. The average molecular weight is 341 g/mol. The number of anilines is 1. The highest BCUT2D eigenvalue weighted by Crippen LogP contribution is 2.36. The van der Waals surface area contributed by atoms with Crippen molar-refractivity contribution in [3.05, 3.63) is 53.6 Å². The number of nitrogens with zero attached hydrogens (tertiary/aromatic N) is 1. The minimum absolute atomic E-state index is 0.183. The van der Waals surface area contributed by atoms with Crippen molar-refractivity contribution in [2.75, 3.05) is 18.6 Å². The zero-order valence-electron chi connectivity index (χ0n) is 14.1. The molecule has 1 aliphatic rings. The van der Waals surface area contributed by atoms with E-state index < -0.39 is 18.5 Å². The van der Waals surface area contributed by atoms with Gasteiger partial charge >= 0.3 is 0 Å². The molecule has 0 saturated heterocycles. The van der Waals surface area contributed by atoms with Crippen LogP contribution in [-0.2, 0) is 11.3 Å². The molecule has 1 unspecified atom stereocenters. The molecule has 2 aromatic carbocycles. The number of Topliss-reactive ketones (excluding diaryl/α,β-unsaturated/α-hetero) is 1. The number of fused-ring (bicyclic) bond motifs is 1. The van der Waals surface area contributed by atoms with Crippen LogP contribution in [0.4, 0.5) is 5.69 Å². The molecule has 0 aromatic heterocycles. The molecule has 3 rings (SSSR count). The van der Waals surface area contributed by atoms with Crippen molar-refractivity contribution in [3.8, 4) is 11.5 Å². The first kappa shape index (κ1) is 17.0. The summed E-state index contributed by atoms with van der Waals surface area (Å²) in [6.07, 6.45) is -0.606. The van der Waals surface area contributed by atoms with E-state index in [2.05, 4.69) is 0 Å². The molecule has 6 nitrogen and oxygen atoms in total. The van der Waals surface area contributed by atoms with E-state index in [0.29, 0.717) is 23.5 Å². The lowest BCUT2D eigenvalue weighted by Crippen LogP contribution is -2.44. The number of amides is 1. The van der Waals surface area contributed by atoms with Gasteiger partial charge in [-0.1, -0.05) is 12.1 Å². The van der Waals surface area contributed by atoms with Gasteiger partial charge in [-0.25, -0.2) is 0 Å². The van der Waals surface area contributed by atoms with Crippen LogP contribution in [0.2, 0.25) is 0 Å². The summed E-state index contributed by atoms with van der Waals surface area (Å²) in [7, 11) is 1.60. The van der Waals surface area contributed by atoms with Crippen LogP contribution in [0, 0.1) is 0 Å². The van der Waals surface area contributed by atoms with E-state index in [1.807, 2.05) is 24.3 Å². The summed E-state index contributed by atoms with van der Waals surface area (Å²) in [5.74, 6) is 0.687. The Hall–Kier alpha value is -2.86. The molecule has 0 spiro atoms. The fraction of sp³-hybridized carbons (Fsp3) is 0.263. The van der Waals surface area contributed by atoms with Crippen LogP contribution in [0.1, 0.15) is 22.8 Å². The quantitative estimate of drug-likeness (QED) is 0.844. The van der Waals surface area contributed by atoms with Gasteiger partial charge in [0, 0.05) is 5.56 Å². The van der Waals surface area contributed by atoms with Crippen LogP contribution in [0.5, 0.6) is 11.5 Å². The average Bonchev–Trinajstić information content (AvgIpc) is 2.65. The molecule has 0 bridgehead atoms. The second-order valence-electron chi connectivity index (χ2n) is 5.80. The fourth-order valence-corrected chi connectivity index (χ4v) is 2.75. The lowest BCUT2D eigenvalue weighted by molar-refractivity contribution is -0.125. The summed E-state index contributed by atoms with van der Waals surface area (Å²) in [6.45, 7) is 1.46. The highest BCUT2D eigenvalue weighted by atomic mass is 16.5. The third-order valence-corrected chi connectivity index (χ3v) is 4.13. The van der Waals surface area contributed by atoms with Gasteiger partial charge in [-0.2, -0.15) is 0 Å². The second kappa shape index (κ2) is 6.94. The van der Waals surface area contributed by atoms with E-state index in [1.165, 1.54) is 0 Å². The Morgan fingerprint density at radius 1 is 1.24 bits per heavy atom. The Morgan fingerprint density at radius 3 is 2.60 bits per heavy atom. The maximum absolute atomic E-state index is 12.6. The maximum atomic E-state index is 12.6. The standard InChI is InChI=1S/C19H19NO5/c1-12-19(23)20(10-13-3-6-15(24-2)7-4-13)16-9-14(17(22)11-21)5-8-18(16)25-12/h3-9,12,21H,10-11H2,1-2H3. The van der Waals surface area contributed by atoms with E-state index in [0.717, 1.165) is 11.3 Å². The van der Waals surface area contributed by atoms with Crippen molar-refractivity contribution in [1.82, 2.24) is 0 Å². The van der Waals surface area contributed by atoms with E-state index in [4.69, 9.17) is 14.6 Å². The summed E-state index contributed by atoms with van der Waals surface area (Å²) in [4.78, 5) is 26.0. The van der Waals surface area contributed by atoms with Crippen molar-refractivity contribution >= 4 is 17.4 Å². The van der Waals surface area contributed by atoms with Crippen LogP contribution in [0.15, 0.2) is 42.5 Å². The third-order valence-electron chi connectivity index (χ3n) is 4.13. The van der Waals surface area contributed by atoms with E-state index >= 15 is 0 Å². The van der Waals surface area contributed by atoms with Crippen molar-refractivity contribution in [2.45, 2.75) is 19.6 Å². The Balaban J connectivity index is 1.97. The molecule has 1 atom stereocenters. The van der Waals surface area contributed by atoms with Gasteiger partial charge in [0.05, 0.1) is 19.3 Å². The smallest absolute Gasteiger partial charge is 0.268 e. The molecule has 1 heterocycles. The van der Waals surface area contributed by atoms with Gasteiger partial charge in [-0.3, -0.25) is 9.59 Å². The van der Waals surface area contributed by atoms with Crippen molar-refractivity contribution < 1.29 is 24.2 Å². The van der Waals surface area contributed by atoms with Crippen LogP contribution < -0.4 is 14.4 Å². The molecular weight excluding hydrogens is 322 g/mol. The normalized spacial score (nSPS) is 16.2. The molecule has 1 aliphatic heterocycles. The monoisotopic (exact) mass is 341 g/mol. The molecule has 0 aliphatic carbocycles. The van der Waals surface area contributed by atoms with E-state index in [9.17, 15) is 9.59 Å². The minimum Gasteiger partial charge on any atom is -0.497 e. The number of benzene rings is 2. The first-order valence-corrected chi connectivity index (χ1v) is 7.92. The largest absolute Gasteiger partial charge is 0.497 e. The predicted molar refractivity (Wildman–Crippen MR) is 92.1 cm³/mol. The Morgan fingerprint density at radius 2 is 1.96 bits per heavy atom. The Bertz CT molecular complexity index is 800. The number of rotatable bonds is 5. The number of aliphatic hydroxyl groups excluding tert-OH is 1. The van der Waals surface area contributed by atoms with Gasteiger partial charge in [-0.05, 0) is 42.8 Å². The lowest BCUT2D eigenvalue weighted by atomic mass is 10.1. The van der Waals surface area contributed by atoms with Gasteiger partial charge in [-0.15, -0.1) is 0 Å². The van der Waals surface area contributed by atoms with Gasteiger partial charge in [0.1, 0.15) is 18.1 Å². The zero-order chi connectivity index (χ0) is 18.0. The van der Waals surface area contributed by atoms with Crippen LogP contribution in [0.25, 0.3) is 0 Å². The van der Waals surface area contributed by atoms with Crippen molar-refractivity contribution in [3.63, 3.8) is 0 Å². The predicted octanol–water partition coefficient (Wildman–Crippen LogP) is 2.18. The van der Waals surface area contributed by atoms with Gasteiger partial charge in [0.15, 0.2) is 11.9 Å². The minimum atomic E-state index is -0.606. The van der Waals surface area contributed by atoms with E-state index in [1.54, 1.807) is 37.1 Å². The summed E-state index contributed by atoms with van der Waals surface area (Å²) >= 11 is 0. The van der Waals surface area contributed by atoms with Crippen molar-refractivity contribution in [2.24, 2.45) is 0 Å². The number of aliphatic hydroxyl groups is 1. The third kappa shape index (κ3) is 3.34. The van der Waals surface area contributed by atoms with E-state index in [-0.39, 0.29) is 5.91 Å². The Labute approximate surface area is 145 Å². The number of hydrogen-bond donors (Lipinski definition) is 1. The first-order chi connectivity index (χ1) is 12.0. The highest BCUT2D eigenvalue weighted by Gasteiger charge is 2.32. The summed E-state index contributed by atoms with van der Waals surface area (Å²) < 4.78 is 10.8. The zero-order valence-corrected chi connectivity index (χ0v) is 14.1. The van der Waals surface area contributed by atoms with Gasteiger partial charge in [0.2, 0.25) is 0 Å². The second-order valence-corrected chi connectivity index (χ2v) is 5.80. The Kier molecular flexibility index (Phi) is 4.72. The lowest BCUT2D eigenvalue weighted by Gasteiger charge is -2.33. The first-order valence-electron chi connectivity index (χ1n) is 7.92. The number of ether oxygens (including phenoxy) is 2. The number of carbonyl (C=O) groups excluding carboxylic acids is 2. The van der Waals surface area contributed by atoms with Gasteiger partial charge in [0.25, 0.3) is 5.91 Å². The molecule has 6 heteroatoms. The topological polar surface area (TPSA) is 76.1 Å². The molecule has 1 amide bonds. The SMILES string of the molecule is COc1ccc(CN2C(=O)C(C)Oc3ccc(C(=O)CO)cc32)cc1. The molecule has 2 aromatic rings. The number of methoxy groups -OCH3 is 1. The summed E-state index contributed by atoms with van der Waals surface area (Å²) in [6, 6.07) is 12.3. The fourth-order valence-electron chi connectivity index (χ4n) is 2.75. The van der Waals surface area contributed by atoms with Gasteiger partial charge < -0.3 is 19.5 Å². The number of ketones is 1. The van der Waals surface area contributed by atoms with Crippen LogP contribution in [-0.4, -0.2) is 36.6 Å². The molecule has 0 fully saturated rings.